The molecule has 1 aromatic carbocycles. The van der Waals surface area contributed by atoms with Crippen LogP contribution in [0.25, 0.3) is 0 Å². The molecule has 7 nitrogen and oxygen atoms in total. The first-order chi connectivity index (χ1) is 9.10. The number of anilines is 2. The highest BCUT2D eigenvalue weighted by Crippen LogP contribution is 2.26. The number of hydrogen-bond donors (Lipinski definition) is 3. The van der Waals surface area contributed by atoms with E-state index in [1.54, 1.807) is 18.2 Å². The van der Waals surface area contributed by atoms with Gasteiger partial charge in [-0.2, -0.15) is 5.10 Å². The molecule has 19 heavy (non-hydrogen) atoms. The van der Waals surface area contributed by atoms with Crippen molar-refractivity contribution in [3.63, 3.8) is 0 Å². The lowest BCUT2D eigenvalue weighted by Crippen LogP contribution is -2.18. The van der Waals surface area contributed by atoms with Crippen LogP contribution in [0.4, 0.5) is 11.4 Å². The largest absolute Gasteiger partial charge is 0.495 e. The number of ether oxygens (including phenoxy) is 1. The number of aromatic nitrogens is 2. The van der Waals surface area contributed by atoms with E-state index in [9.17, 15) is 9.59 Å². The van der Waals surface area contributed by atoms with Crippen molar-refractivity contribution < 1.29 is 9.53 Å². The second-order valence-corrected chi connectivity index (χ2v) is 3.72. The monoisotopic (exact) mass is 260 g/mol. The van der Waals surface area contributed by atoms with Gasteiger partial charge in [0, 0.05) is 11.8 Å². The van der Waals surface area contributed by atoms with Crippen molar-refractivity contribution in [3.05, 3.63) is 46.4 Å². The molecule has 4 N–H and O–H groups in total. The number of nitrogens with two attached hydrogens (primary N) is 1. The van der Waals surface area contributed by atoms with Gasteiger partial charge in [-0.15, -0.1) is 0 Å². The predicted octanol–water partition coefficient (Wildman–Crippen LogP) is 0.613. The molecule has 2 aromatic rings. The number of benzene rings is 1. The Labute approximate surface area is 108 Å². The molecule has 98 valence electrons. The van der Waals surface area contributed by atoms with E-state index in [2.05, 4.69) is 15.5 Å². The van der Waals surface area contributed by atoms with E-state index in [1.807, 2.05) is 0 Å². The van der Waals surface area contributed by atoms with Gasteiger partial charge in [0.1, 0.15) is 11.4 Å². The van der Waals surface area contributed by atoms with Crippen molar-refractivity contribution >= 4 is 17.3 Å². The highest BCUT2D eigenvalue weighted by molar-refractivity contribution is 6.03. The van der Waals surface area contributed by atoms with Gasteiger partial charge >= 0.3 is 0 Å². The Balaban J connectivity index is 2.25. The minimum absolute atomic E-state index is 0.0871. The molecule has 7 heteroatoms. The van der Waals surface area contributed by atoms with Crippen LogP contribution in [-0.4, -0.2) is 23.2 Å². The first kappa shape index (κ1) is 12.6. The zero-order valence-electron chi connectivity index (χ0n) is 10.1. The molecule has 0 bridgehead atoms. The minimum atomic E-state index is -0.472. The molecule has 0 fully saturated rings. The molecule has 1 heterocycles. The summed E-state index contributed by atoms with van der Waals surface area (Å²) in [5, 5.41) is 8.42. The molecular weight excluding hydrogens is 248 g/mol. The van der Waals surface area contributed by atoms with Crippen LogP contribution >= 0.6 is 0 Å². The van der Waals surface area contributed by atoms with E-state index in [0.29, 0.717) is 17.1 Å². The number of carbonyl (C=O) groups is 1. The predicted molar refractivity (Wildman–Crippen MR) is 70.2 cm³/mol. The molecule has 2 rings (SSSR count). The van der Waals surface area contributed by atoms with Crippen molar-refractivity contribution in [2.75, 3.05) is 18.2 Å². The number of nitrogens with zero attached hydrogens (tertiary/aromatic N) is 1. The number of carbonyl (C=O) groups excluding carboxylic acids is 1. The van der Waals surface area contributed by atoms with Crippen LogP contribution in [-0.2, 0) is 0 Å². The lowest BCUT2D eigenvalue weighted by molar-refractivity contribution is 0.102. The van der Waals surface area contributed by atoms with Gasteiger partial charge in [0.25, 0.3) is 11.5 Å². The summed E-state index contributed by atoms with van der Waals surface area (Å²) in [7, 11) is 1.49. The third-order valence-electron chi connectivity index (χ3n) is 2.38. The first-order valence-corrected chi connectivity index (χ1v) is 5.41. The van der Waals surface area contributed by atoms with Crippen LogP contribution in [0.3, 0.4) is 0 Å². The van der Waals surface area contributed by atoms with Crippen LogP contribution in [0.1, 0.15) is 10.5 Å². The third-order valence-corrected chi connectivity index (χ3v) is 2.38. The smallest absolute Gasteiger partial charge is 0.276 e. The van der Waals surface area contributed by atoms with Crippen molar-refractivity contribution in [2.45, 2.75) is 0 Å². The summed E-state index contributed by atoms with van der Waals surface area (Å²) >= 11 is 0. The van der Waals surface area contributed by atoms with Gasteiger partial charge in [-0.3, -0.25) is 9.59 Å². The number of aromatic amines is 1. The van der Waals surface area contributed by atoms with Crippen LogP contribution < -0.4 is 21.3 Å². The standard InChI is InChI=1S/C12H12N4O3/c1-19-10-4-2-7(13)6-9(10)14-12(18)8-3-5-11(17)16-15-8/h2-6H,13H2,1H3,(H,14,18)(H,16,17). The second-order valence-electron chi connectivity index (χ2n) is 3.72. The van der Waals surface area contributed by atoms with E-state index >= 15 is 0 Å². The maximum Gasteiger partial charge on any atom is 0.276 e. The zero-order valence-corrected chi connectivity index (χ0v) is 10.1. The maximum atomic E-state index is 11.9. The Hall–Kier alpha value is -2.83. The summed E-state index contributed by atoms with van der Waals surface area (Å²) in [6.07, 6.45) is 0. The van der Waals surface area contributed by atoms with Crippen molar-refractivity contribution in [1.29, 1.82) is 0 Å². The van der Waals surface area contributed by atoms with Gasteiger partial charge in [0.15, 0.2) is 0 Å². The average Bonchev–Trinajstić information content (AvgIpc) is 2.39. The summed E-state index contributed by atoms with van der Waals surface area (Å²) in [4.78, 5) is 22.8. The first-order valence-electron chi connectivity index (χ1n) is 5.41. The van der Waals surface area contributed by atoms with Crippen LogP contribution in [0.5, 0.6) is 5.75 Å². The highest BCUT2D eigenvalue weighted by atomic mass is 16.5. The Kier molecular flexibility index (Phi) is 3.46. The fourth-order valence-corrected chi connectivity index (χ4v) is 1.48. The number of nitrogens with one attached hydrogen (secondary N) is 2. The minimum Gasteiger partial charge on any atom is -0.495 e. The van der Waals surface area contributed by atoms with E-state index in [1.165, 1.54) is 19.2 Å². The Morgan fingerprint density at radius 3 is 2.79 bits per heavy atom. The van der Waals surface area contributed by atoms with Crippen LogP contribution in [0.15, 0.2) is 35.1 Å². The normalized spacial score (nSPS) is 9.95. The molecule has 0 atom stereocenters. The van der Waals surface area contributed by atoms with Crippen molar-refractivity contribution in [1.82, 2.24) is 10.2 Å². The number of H-pyrrole nitrogens is 1. The van der Waals surface area contributed by atoms with Crippen LogP contribution in [0.2, 0.25) is 0 Å². The van der Waals surface area contributed by atoms with E-state index in [-0.39, 0.29) is 11.3 Å². The number of nitrogen functional groups attached to an aromatic ring is 1. The summed E-state index contributed by atoms with van der Waals surface area (Å²) in [6, 6.07) is 7.42. The molecule has 0 spiro atoms. The van der Waals surface area contributed by atoms with Gasteiger partial charge in [0.05, 0.1) is 12.8 Å². The number of hydrogen-bond acceptors (Lipinski definition) is 5. The average molecular weight is 260 g/mol. The van der Waals surface area contributed by atoms with E-state index in [4.69, 9.17) is 10.5 Å². The molecule has 0 aliphatic heterocycles. The number of rotatable bonds is 3. The molecule has 1 aromatic heterocycles. The molecule has 1 amide bonds. The summed E-state index contributed by atoms with van der Waals surface area (Å²) < 4.78 is 5.11. The van der Waals surface area contributed by atoms with Gasteiger partial charge in [-0.1, -0.05) is 0 Å². The topological polar surface area (TPSA) is 110 Å². The number of amides is 1. The Morgan fingerprint density at radius 2 is 2.16 bits per heavy atom. The van der Waals surface area contributed by atoms with Crippen molar-refractivity contribution in [2.24, 2.45) is 0 Å². The molecule has 0 unspecified atom stereocenters. The fraction of sp³-hybridized carbons (Fsp3) is 0.0833. The summed E-state index contributed by atoms with van der Waals surface area (Å²) in [6.45, 7) is 0. The molecule has 0 aliphatic carbocycles. The van der Waals surface area contributed by atoms with Gasteiger partial charge in [-0.25, -0.2) is 5.10 Å². The second kappa shape index (κ2) is 5.21. The van der Waals surface area contributed by atoms with E-state index < -0.39 is 5.91 Å². The van der Waals surface area contributed by atoms with Gasteiger partial charge in [0.2, 0.25) is 0 Å². The summed E-state index contributed by atoms with van der Waals surface area (Å²) in [5.41, 5.74) is 6.28. The van der Waals surface area contributed by atoms with Crippen LogP contribution in [0, 0.1) is 0 Å². The Morgan fingerprint density at radius 1 is 1.37 bits per heavy atom. The SMILES string of the molecule is COc1ccc(N)cc1NC(=O)c1ccc(=O)[nH]n1. The lowest BCUT2D eigenvalue weighted by Gasteiger charge is -2.10. The maximum absolute atomic E-state index is 11.9. The fourth-order valence-electron chi connectivity index (χ4n) is 1.48. The quantitative estimate of drug-likeness (QED) is 0.700. The zero-order chi connectivity index (χ0) is 13.8. The molecule has 0 radical (unpaired) electrons. The number of methoxy groups -OCH3 is 1. The molecule has 0 saturated carbocycles. The highest BCUT2D eigenvalue weighted by Gasteiger charge is 2.11. The summed E-state index contributed by atoms with van der Waals surface area (Å²) in [5.74, 6) is 0.00660. The molecule has 0 aliphatic rings. The molecule has 0 saturated heterocycles. The van der Waals surface area contributed by atoms with Crippen molar-refractivity contribution in [3.8, 4) is 5.75 Å². The Bertz CT molecular complexity index is 646. The van der Waals surface area contributed by atoms with Gasteiger partial charge in [-0.05, 0) is 24.3 Å². The van der Waals surface area contributed by atoms with E-state index in [0.717, 1.165) is 0 Å². The molecular formula is C12H12N4O3. The third kappa shape index (κ3) is 2.89. The lowest BCUT2D eigenvalue weighted by atomic mass is 10.2. The van der Waals surface area contributed by atoms with Gasteiger partial charge < -0.3 is 15.8 Å².